The second-order valence-electron chi connectivity index (χ2n) is 4.62. The maximum absolute atomic E-state index is 11.6. The van der Waals surface area contributed by atoms with Crippen molar-refractivity contribution in [2.45, 2.75) is 52.0 Å². The van der Waals surface area contributed by atoms with Gasteiger partial charge in [0, 0.05) is 19.0 Å². The lowest BCUT2D eigenvalue weighted by Gasteiger charge is -2.16. The molecule has 15 heavy (non-hydrogen) atoms. The Bertz CT molecular complexity index is 194. The third-order valence-electron chi connectivity index (χ3n) is 3.12. The number of carbonyl (C=O) groups excluding carboxylic acids is 1. The molecule has 0 spiro atoms. The summed E-state index contributed by atoms with van der Waals surface area (Å²) in [6.07, 6.45) is 5.39. The topological polar surface area (TPSA) is 41.1 Å². The fourth-order valence-corrected chi connectivity index (χ4v) is 1.99. The van der Waals surface area contributed by atoms with Crippen molar-refractivity contribution in [1.82, 2.24) is 10.6 Å². The second-order valence-corrected chi connectivity index (χ2v) is 4.62. The van der Waals surface area contributed by atoms with Gasteiger partial charge >= 0.3 is 0 Å². The predicted molar refractivity (Wildman–Crippen MR) is 62.7 cm³/mol. The molecule has 1 fully saturated rings. The van der Waals surface area contributed by atoms with Crippen LogP contribution >= 0.6 is 0 Å². The van der Waals surface area contributed by atoms with Crippen LogP contribution in [0.2, 0.25) is 0 Å². The van der Waals surface area contributed by atoms with Crippen LogP contribution in [0.15, 0.2) is 0 Å². The smallest absolute Gasteiger partial charge is 0.220 e. The van der Waals surface area contributed by atoms with Crippen molar-refractivity contribution in [2.75, 3.05) is 13.1 Å². The molecule has 1 amide bonds. The molecule has 0 saturated carbocycles. The van der Waals surface area contributed by atoms with Crippen molar-refractivity contribution in [3.63, 3.8) is 0 Å². The predicted octanol–water partition coefficient (Wildman–Crippen LogP) is 1.68. The zero-order valence-electron chi connectivity index (χ0n) is 10.0. The van der Waals surface area contributed by atoms with Crippen LogP contribution in [-0.4, -0.2) is 25.0 Å². The van der Waals surface area contributed by atoms with Crippen LogP contribution in [0.25, 0.3) is 0 Å². The first-order chi connectivity index (χ1) is 7.24. The van der Waals surface area contributed by atoms with Gasteiger partial charge in [-0.2, -0.15) is 0 Å². The first-order valence-corrected chi connectivity index (χ1v) is 6.24. The Hall–Kier alpha value is -0.570. The number of hydrogen-bond acceptors (Lipinski definition) is 2. The molecule has 0 bridgehead atoms. The molecule has 1 heterocycles. The van der Waals surface area contributed by atoms with Gasteiger partial charge in [-0.05, 0) is 18.9 Å². The van der Waals surface area contributed by atoms with Crippen molar-refractivity contribution >= 4 is 5.91 Å². The second kappa shape index (κ2) is 6.83. The fraction of sp³-hybridized carbons (Fsp3) is 0.917. The zero-order chi connectivity index (χ0) is 11.1. The normalized spacial score (nSPS) is 25.5. The van der Waals surface area contributed by atoms with Crippen LogP contribution in [0.4, 0.5) is 0 Å². The van der Waals surface area contributed by atoms with Gasteiger partial charge in [0.05, 0.1) is 0 Å². The van der Waals surface area contributed by atoms with Crippen molar-refractivity contribution in [2.24, 2.45) is 5.92 Å². The number of hydrogen-bond donors (Lipinski definition) is 2. The number of rotatable bonds is 6. The SMILES string of the molecule is CCCCCCC(=O)NC1CNCC1C. The van der Waals surface area contributed by atoms with E-state index in [1.54, 1.807) is 0 Å². The van der Waals surface area contributed by atoms with Crippen LogP contribution in [0.3, 0.4) is 0 Å². The van der Waals surface area contributed by atoms with E-state index in [4.69, 9.17) is 0 Å². The number of amides is 1. The molecule has 2 N–H and O–H groups in total. The molecule has 2 unspecified atom stereocenters. The largest absolute Gasteiger partial charge is 0.352 e. The van der Waals surface area contributed by atoms with Crippen LogP contribution < -0.4 is 10.6 Å². The van der Waals surface area contributed by atoms with Gasteiger partial charge in [0.15, 0.2) is 0 Å². The summed E-state index contributed by atoms with van der Waals surface area (Å²) in [5.74, 6) is 0.802. The van der Waals surface area contributed by atoms with Gasteiger partial charge in [0.2, 0.25) is 5.91 Å². The highest BCUT2D eigenvalue weighted by atomic mass is 16.1. The van der Waals surface area contributed by atoms with Gasteiger partial charge in [0.1, 0.15) is 0 Å². The average molecular weight is 212 g/mol. The van der Waals surface area contributed by atoms with Crippen molar-refractivity contribution in [3.05, 3.63) is 0 Å². The van der Waals surface area contributed by atoms with Gasteiger partial charge in [-0.15, -0.1) is 0 Å². The highest BCUT2D eigenvalue weighted by Crippen LogP contribution is 2.08. The van der Waals surface area contributed by atoms with E-state index < -0.39 is 0 Å². The van der Waals surface area contributed by atoms with Gasteiger partial charge in [0.25, 0.3) is 0 Å². The third-order valence-corrected chi connectivity index (χ3v) is 3.12. The first kappa shape index (κ1) is 12.5. The highest BCUT2D eigenvalue weighted by Gasteiger charge is 2.23. The summed E-state index contributed by atoms with van der Waals surface area (Å²) in [6, 6.07) is 0.351. The summed E-state index contributed by atoms with van der Waals surface area (Å²) in [5, 5.41) is 6.39. The lowest BCUT2D eigenvalue weighted by Crippen LogP contribution is -2.39. The molecule has 1 aliphatic heterocycles. The third kappa shape index (κ3) is 4.65. The molecule has 1 rings (SSSR count). The molecule has 2 atom stereocenters. The van der Waals surface area contributed by atoms with Crippen LogP contribution in [-0.2, 0) is 4.79 Å². The summed E-state index contributed by atoms with van der Waals surface area (Å²) < 4.78 is 0. The minimum Gasteiger partial charge on any atom is -0.352 e. The van der Waals surface area contributed by atoms with Crippen LogP contribution in [0, 0.1) is 5.92 Å². The molecular weight excluding hydrogens is 188 g/mol. The van der Waals surface area contributed by atoms with Gasteiger partial charge in [-0.25, -0.2) is 0 Å². The Kier molecular flexibility index (Phi) is 5.69. The Morgan fingerprint density at radius 2 is 2.13 bits per heavy atom. The molecule has 0 aromatic rings. The van der Waals surface area contributed by atoms with E-state index in [2.05, 4.69) is 24.5 Å². The molecule has 1 aliphatic rings. The minimum atomic E-state index is 0.228. The van der Waals surface area contributed by atoms with E-state index in [9.17, 15) is 4.79 Å². The average Bonchev–Trinajstić information content (AvgIpc) is 2.59. The van der Waals surface area contributed by atoms with Crippen LogP contribution in [0.5, 0.6) is 0 Å². The zero-order valence-corrected chi connectivity index (χ0v) is 10.0. The molecule has 1 saturated heterocycles. The highest BCUT2D eigenvalue weighted by molar-refractivity contribution is 5.76. The first-order valence-electron chi connectivity index (χ1n) is 6.24. The standard InChI is InChI=1S/C12H24N2O/c1-3-4-5-6-7-12(15)14-11-9-13-8-10(11)2/h10-11,13H,3-9H2,1-2H3,(H,14,15). The Balaban J connectivity index is 2.07. The summed E-state index contributed by atoms with van der Waals surface area (Å²) in [5.41, 5.74) is 0. The van der Waals surface area contributed by atoms with E-state index in [0.29, 0.717) is 18.4 Å². The summed E-state index contributed by atoms with van der Waals surface area (Å²) in [6.45, 7) is 6.33. The Morgan fingerprint density at radius 3 is 2.73 bits per heavy atom. The molecule has 0 aromatic heterocycles. The molecule has 0 aromatic carbocycles. The molecule has 0 radical (unpaired) electrons. The van der Waals surface area contributed by atoms with Crippen LogP contribution in [0.1, 0.15) is 46.0 Å². The Morgan fingerprint density at radius 1 is 1.33 bits per heavy atom. The van der Waals surface area contributed by atoms with Gasteiger partial charge in [-0.1, -0.05) is 33.1 Å². The van der Waals surface area contributed by atoms with Crippen molar-refractivity contribution < 1.29 is 4.79 Å². The molecule has 0 aliphatic carbocycles. The fourth-order valence-electron chi connectivity index (χ4n) is 1.99. The van der Waals surface area contributed by atoms with Gasteiger partial charge in [-0.3, -0.25) is 4.79 Å². The van der Waals surface area contributed by atoms with Crippen molar-refractivity contribution in [3.8, 4) is 0 Å². The molecule has 88 valence electrons. The summed E-state index contributed by atoms with van der Waals surface area (Å²) >= 11 is 0. The molecule has 3 heteroatoms. The van der Waals surface area contributed by atoms with E-state index in [-0.39, 0.29) is 5.91 Å². The number of unbranched alkanes of at least 4 members (excludes halogenated alkanes) is 3. The number of carbonyl (C=O) groups is 1. The maximum Gasteiger partial charge on any atom is 0.220 e. The summed E-state index contributed by atoms with van der Waals surface area (Å²) in [4.78, 5) is 11.6. The number of nitrogens with one attached hydrogen (secondary N) is 2. The van der Waals surface area contributed by atoms with Crippen molar-refractivity contribution in [1.29, 1.82) is 0 Å². The Labute approximate surface area is 93.0 Å². The van der Waals surface area contributed by atoms with E-state index >= 15 is 0 Å². The minimum absolute atomic E-state index is 0.228. The monoisotopic (exact) mass is 212 g/mol. The quantitative estimate of drug-likeness (QED) is 0.658. The maximum atomic E-state index is 11.6. The van der Waals surface area contributed by atoms with Gasteiger partial charge < -0.3 is 10.6 Å². The molecular formula is C12H24N2O. The molecule has 3 nitrogen and oxygen atoms in total. The van der Waals surface area contributed by atoms with E-state index in [0.717, 1.165) is 19.5 Å². The van der Waals surface area contributed by atoms with E-state index in [1.165, 1.54) is 19.3 Å². The lowest BCUT2D eigenvalue weighted by molar-refractivity contribution is -0.122. The summed E-state index contributed by atoms with van der Waals surface area (Å²) in [7, 11) is 0. The lowest BCUT2D eigenvalue weighted by atomic mass is 10.1. The van der Waals surface area contributed by atoms with E-state index in [1.807, 2.05) is 0 Å².